The molecule has 0 radical (unpaired) electrons. The number of benzene rings is 2. The molecule has 0 atom stereocenters. The molecule has 0 aliphatic rings. The maximum absolute atomic E-state index is 13.0. The van der Waals surface area contributed by atoms with Crippen LogP contribution in [0.2, 0.25) is 0 Å². The summed E-state index contributed by atoms with van der Waals surface area (Å²) in [4.78, 5) is 8.57. The van der Waals surface area contributed by atoms with E-state index in [1.807, 2.05) is 30.3 Å². The first-order chi connectivity index (χ1) is 13.7. The zero-order chi connectivity index (χ0) is 19.2. The molecule has 28 heavy (non-hydrogen) atoms. The van der Waals surface area contributed by atoms with E-state index in [-0.39, 0.29) is 5.82 Å². The summed E-state index contributed by atoms with van der Waals surface area (Å²) in [6.45, 7) is 0.678. The van der Waals surface area contributed by atoms with Crippen LogP contribution in [-0.4, -0.2) is 20.2 Å². The molecule has 1 N–H and O–H groups in total. The van der Waals surface area contributed by atoms with Gasteiger partial charge in [0.15, 0.2) is 9.50 Å². The minimum atomic E-state index is -0.320. The van der Waals surface area contributed by atoms with Gasteiger partial charge < -0.3 is 10.1 Å². The Morgan fingerprint density at radius 2 is 1.82 bits per heavy atom. The van der Waals surface area contributed by atoms with Crippen molar-refractivity contribution in [1.82, 2.24) is 20.2 Å². The molecule has 0 aliphatic heterocycles. The van der Waals surface area contributed by atoms with Crippen molar-refractivity contribution in [3.05, 3.63) is 78.2 Å². The summed E-state index contributed by atoms with van der Waals surface area (Å²) in [5.74, 6) is 0.551. The van der Waals surface area contributed by atoms with Gasteiger partial charge in [-0.05, 0) is 41.6 Å². The third kappa shape index (κ3) is 5.02. The first kappa shape index (κ1) is 18.3. The van der Waals surface area contributed by atoms with Gasteiger partial charge in [-0.25, -0.2) is 9.37 Å². The minimum absolute atomic E-state index is 0.320. The fourth-order valence-corrected chi connectivity index (χ4v) is 3.82. The van der Waals surface area contributed by atoms with Crippen LogP contribution in [0.3, 0.4) is 0 Å². The molecule has 0 saturated carbocycles. The maximum Gasteiger partial charge on any atom is 0.223 e. The van der Waals surface area contributed by atoms with E-state index >= 15 is 0 Å². The quantitative estimate of drug-likeness (QED) is 0.428. The highest BCUT2D eigenvalue weighted by Gasteiger charge is 2.09. The summed E-state index contributed by atoms with van der Waals surface area (Å²) < 4.78 is 19.3. The van der Waals surface area contributed by atoms with E-state index in [0.717, 1.165) is 9.47 Å². The van der Waals surface area contributed by atoms with Crippen molar-refractivity contribution < 1.29 is 9.13 Å². The summed E-state index contributed by atoms with van der Waals surface area (Å²) in [6, 6.07) is 17.5. The van der Waals surface area contributed by atoms with Crippen LogP contribution < -0.4 is 10.1 Å². The Morgan fingerprint density at radius 1 is 1.00 bits per heavy atom. The molecule has 0 fully saturated rings. The summed E-state index contributed by atoms with van der Waals surface area (Å²) in [7, 11) is 0. The van der Waals surface area contributed by atoms with Gasteiger partial charge in [0.2, 0.25) is 11.0 Å². The number of hydrogen-bond acceptors (Lipinski definition) is 8. The Hall–Kier alpha value is -3.04. The fraction of sp³-hybridized carbons (Fsp3) is 0.0526. The molecule has 0 unspecified atom stereocenters. The molecule has 0 saturated heterocycles. The lowest BCUT2D eigenvalue weighted by Gasteiger charge is -2.05. The molecule has 4 rings (SSSR count). The number of nitrogens with one attached hydrogen (secondary N) is 1. The van der Waals surface area contributed by atoms with Crippen LogP contribution in [-0.2, 0) is 6.54 Å². The van der Waals surface area contributed by atoms with Crippen LogP contribution in [0.5, 0.6) is 11.6 Å². The number of halogens is 1. The zero-order valence-corrected chi connectivity index (χ0v) is 16.1. The Balaban J connectivity index is 1.38. The largest absolute Gasteiger partial charge is 0.439 e. The van der Waals surface area contributed by atoms with Gasteiger partial charge in [-0.2, -0.15) is 4.98 Å². The molecule has 6 nitrogen and oxygen atoms in total. The summed E-state index contributed by atoms with van der Waals surface area (Å²) in [5, 5.41) is 12.8. The average Bonchev–Trinajstić information content (AvgIpc) is 3.17. The van der Waals surface area contributed by atoms with Gasteiger partial charge >= 0.3 is 0 Å². The monoisotopic (exact) mass is 411 g/mol. The third-order valence-corrected chi connectivity index (χ3v) is 5.33. The van der Waals surface area contributed by atoms with Gasteiger partial charge in [-0.15, -0.1) is 10.2 Å². The highest BCUT2D eigenvalue weighted by molar-refractivity contribution is 8.00. The molecular formula is C19H14FN5OS2. The molecule has 0 aliphatic carbocycles. The second-order valence-corrected chi connectivity index (χ2v) is 7.74. The van der Waals surface area contributed by atoms with Crippen LogP contribution in [0.1, 0.15) is 5.56 Å². The normalized spacial score (nSPS) is 10.6. The van der Waals surface area contributed by atoms with Gasteiger partial charge in [-0.1, -0.05) is 41.7 Å². The molecule has 2 aromatic heterocycles. The van der Waals surface area contributed by atoms with E-state index < -0.39 is 0 Å². The van der Waals surface area contributed by atoms with E-state index in [1.165, 1.54) is 40.8 Å². The van der Waals surface area contributed by atoms with Crippen LogP contribution in [0.4, 0.5) is 9.52 Å². The summed E-state index contributed by atoms with van der Waals surface area (Å²) in [5.41, 5.74) is 1.17. The van der Waals surface area contributed by atoms with Crippen molar-refractivity contribution in [2.24, 2.45) is 0 Å². The van der Waals surface area contributed by atoms with Gasteiger partial charge in [0.25, 0.3) is 0 Å². The lowest BCUT2D eigenvalue weighted by Crippen LogP contribution is -1.98. The van der Waals surface area contributed by atoms with Crippen molar-refractivity contribution in [3.63, 3.8) is 0 Å². The molecule has 2 heterocycles. The minimum Gasteiger partial charge on any atom is -0.439 e. The second-order valence-electron chi connectivity index (χ2n) is 5.55. The SMILES string of the molecule is Fc1ccc(Oc2ccnc(Sc3nnc(NCc4ccccc4)s3)n2)cc1. The number of aromatic nitrogens is 4. The van der Waals surface area contributed by atoms with Crippen molar-refractivity contribution in [2.45, 2.75) is 16.0 Å². The molecule has 4 aromatic rings. The maximum atomic E-state index is 13.0. The van der Waals surface area contributed by atoms with Crippen LogP contribution in [0.25, 0.3) is 0 Å². The number of ether oxygens (including phenoxy) is 1. The Kier molecular flexibility index (Phi) is 5.74. The zero-order valence-electron chi connectivity index (χ0n) is 14.4. The molecule has 140 valence electrons. The smallest absolute Gasteiger partial charge is 0.223 e. The van der Waals surface area contributed by atoms with Crippen molar-refractivity contribution in [1.29, 1.82) is 0 Å². The van der Waals surface area contributed by atoms with Gasteiger partial charge in [0, 0.05) is 18.8 Å². The van der Waals surface area contributed by atoms with E-state index in [0.29, 0.717) is 23.3 Å². The second kappa shape index (κ2) is 8.77. The molecule has 9 heteroatoms. The molecule has 2 aromatic carbocycles. The Morgan fingerprint density at radius 3 is 2.64 bits per heavy atom. The van der Waals surface area contributed by atoms with Crippen molar-refractivity contribution in [3.8, 4) is 11.6 Å². The summed E-state index contributed by atoms with van der Waals surface area (Å²) in [6.07, 6.45) is 1.60. The van der Waals surface area contributed by atoms with Gasteiger partial charge in [0.05, 0.1) is 0 Å². The van der Waals surface area contributed by atoms with E-state index in [2.05, 4.69) is 25.5 Å². The van der Waals surface area contributed by atoms with Crippen LogP contribution in [0, 0.1) is 5.82 Å². The third-order valence-electron chi connectivity index (χ3n) is 3.52. The molecule has 0 spiro atoms. The Bertz CT molecular complexity index is 1040. The molecule has 0 bridgehead atoms. The lowest BCUT2D eigenvalue weighted by atomic mass is 10.2. The summed E-state index contributed by atoms with van der Waals surface area (Å²) >= 11 is 2.73. The highest BCUT2D eigenvalue weighted by atomic mass is 32.2. The van der Waals surface area contributed by atoms with Crippen molar-refractivity contribution >= 4 is 28.2 Å². The standard InChI is InChI=1S/C19H14FN5OS2/c20-14-6-8-15(9-7-14)26-16-10-11-21-17(23-16)27-19-25-24-18(28-19)22-12-13-4-2-1-3-5-13/h1-11H,12H2,(H,22,24). The Labute approximate surface area is 168 Å². The number of hydrogen-bond donors (Lipinski definition) is 1. The first-order valence-corrected chi connectivity index (χ1v) is 9.93. The topological polar surface area (TPSA) is 72.8 Å². The lowest BCUT2D eigenvalue weighted by molar-refractivity contribution is 0.454. The molecule has 0 amide bonds. The highest BCUT2D eigenvalue weighted by Crippen LogP contribution is 2.31. The first-order valence-electron chi connectivity index (χ1n) is 8.30. The fourth-order valence-electron chi connectivity index (χ4n) is 2.23. The van der Waals surface area contributed by atoms with Gasteiger partial charge in [-0.3, -0.25) is 0 Å². The van der Waals surface area contributed by atoms with Crippen LogP contribution in [0.15, 0.2) is 76.4 Å². The number of nitrogens with zero attached hydrogens (tertiary/aromatic N) is 4. The molecular weight excluding hydrogens is 397 g/mol. The number of rotatable bonds is 7. The van der Waals surface area contributed by atoms with Crippen molar-refractivity contribution in [2.75, 3.05) is 5.32 Å². The van der Waals surface area contributed by atoms with Gasteiger partial charge in [0.1, 0.15) is 11.6 Å². The van der Waals surface area contributed by atoms with E-state index in [4.69, 9.17) is 4.74 Å². The van der Waals surface area contributed by atoms with E-state index in [1.54, 1.807) is 24.4 Å². The van der Waals surface area contributed by atoms with Crippen LogP contribution >= 0.6 is 23.1 Å². The number of anilines is 1. The average molecular weight is 411 g/mol. The predicted molar refractivity (Wildman–Crippen MR) is 106 cm³/mol. The van der Waals surface area contributed by atoms with E-state index in [9.17, 15) is 4.39 Å². The predicted octanol–water partition coefficient (Wildman–Crippen LogP) is 5.02.